The Morgan fingerprint density at radius 1 is 1.18 bits per heavy atom. The Hall–Kier alpha value is -1.59. The van der Waals surface area contributed by atoms with Crippen LogP contribution in [0.2, 0.25) is 0 Å². The molecule has 1 atom stereocenters. The average Bonchev–Trinajstić information content (AvgIpc) is 3.10. The van der Waals surface area contributed by atoms with E-state index < -0.39 is 0 Å². The van der Waals surface area contributed by atoms with Crippen LogP contribution in [0, 0.1) is 0 Å². The van der Waals surface area contributed by atoms with Crippen molar-refractivity contribution in [3.8, 4) is 5.75 Å². The Morgan fingerprint density at radius 3 is 2.59 bits per heavy atom. The van der Waals surface area contributed by atoms with E-state index >= 15 is 0 Å². The SMILES string of the molecule is COc1cccc(C(C(=O)N2CCNCC2)N2CCCC2)c1. The topological polar surface area (TPSA) is 44.8 Å². The van der Waals surface area contributed by atoms with Crippen molar-refractivity contribution in [3.63, 3.8) is 0 Å². The first-order chi connectivity index (χ1) is 10.8. The molecule has 2 aliphatic heterocycles. The minimum Gasteiger partial charge on any atom is -0.497 e. The van der Waals surface area contributed by atoms with Crippen LogP contribution in [-0.2, 0) is 4.79 Å². The molecule has 1 aromatic carbocycles. The third-order valence-corrected chi connectivity index (χ3v) is 4.58. The highest BCUT2D eigenvalue weighted by molar-refractivity contribution is 5.83. The van der Waals surface area contributed by atoms with Gasteiger partial charge in [0, 0.05) is 26.2 Å². The molecule has 0 aliphatic carbocycles. The van der Waals surface area contributed by atoms with Crippen LogP contribution in [0.15, 0.2) is 24.3 Å². The third kappa shape index (κ3) is 3.25. The smallest absolute Gasteiger partial charge is 0.244 e. The van der Waals surface area contributed by atoms with Gasteiger partial charge in [0.1, 0.15) is 11.8 Å². The normalized spacial score (nSPS) is 20.9. The van der Waals surface area contributed by atoms with Crippen LogP contribution < -0.4 is 10.1 Å². The number of nitrogens with zero attached hydrogens (tertiary/aromatic N) is 2. The molecule has 1 amide bonds. The molecule has 120 valence electrons. The van der Waals surface area contributed by atoms with Crippen LogP contribution in [0.4, 0.5) is 0 Å². The lowest BCUT2D eigenvalue weighted by Crippen LogP contribution is -2.50. The van der Waals surface area contributed by atoms with E-state index in [1.165, 1.54) is 12.8 Å². The van der Waals surface area contributed by atoms with Gasteiger partial charge >= 0.3 is 0 Å². The molecule has 2 heterocycles. The maximum Gasteiger partial charge on any atom is 0.244 e. The van der Waals surface area contributed by atoms with Crippen LogP contribution in [0.25, 0.3) is 0 Å². The molecule has 1 aromatic rings. The van der Waals surface area contributed by atoms with Gasteiger partial charge in [-0.3, -0.25) is 9.69 Å². The second-order valence-corrected chi connectivity index (χ2v) is 6.00. The van der Waals surface area contributed by atoms with E-state index in [2.05, 4.69) is 10.2 Å². The lowest BCUT2D eigenvalue weighted by atomic mass is 10.0. The van der Waals surface area contributed by atoms with Gasteiger partial charge in [0.2, 0.25) is 5.91 Å². The summed E-state index contributed by atoms with van der Waals surface area (Å²) in [7, 11) is 1.67. The van der Waals surface area contributed by atoms with Gasteiger partial charge in [-0.1, -0.05) is 12.1 Å². The van der Waals surface area contributed by atoms with Crippen molar-refractivity contribution in [2.75, 3.05) is 46.4 Å². The number of methoxy groups -OCH3 is 1. The molecule has 0 radical (unpaired) electrons. The van der Waals surface area contributed by atoms with E-state index in [9.17, 15) is 4.79 Å². The van der Waals surface area contributed by atoms with Crippen molar-refractivity contribution in [1.29, 1.82) is 0 Å². The van der Waals surface area contributed by atoms with Gasteiger partial charge in [-0.15, -0.1) is 0 Å². The first-order valence-corrected chi connectivity index (χ1v) is 8.17. The second kappa shape index (κ2) is 7.11. The number of amides is 1. The molecule has 22 heavy (non-hydrogen) atoms. The molecule has 5 heteroatoms. The summed E-state index contributed by atoms with van der Waals surface area (Å²) in [5, 5.41) is 3.31. The van der Waals surface area contributed by atoms with E-state index in [0.29, 0.717) is 0 Å². The number of benzene rings is 1. The van der Waals surface area contributed by atoms with E-state index in [1.54, 1.807) is 7.11 Å². The highest BCUT2D eigenvalue weighted by atomic mass is 16.5. The lowest BCUT2D eigenvalue weighted by molar-refractivity contribution is -0.137. The largest absolute Gasteiger partial charge is 0.497 e. The van der Waals surface area contributed by atoms with Gasteiger partial charge in [0.25, 0.3) is 0 Å². The first kappa shape index (κ1) is 15.3. The van der Waals surface area contributed by atoms with Crippen LogP contribution in [0.1, 0.15) is 24.4 Å². The number of rotatable bonds is 4. The number of hydrogen-bond acceptors (Lipinski definition) is 4. The van der Waals surface area contributed by atoms with Gasteiger partial charge in [-0.2, -0.15) is 0 Å². The molecule has 0 bridgehead atoms. The summed E-state index contributed by atoms with van der Waals surface area (Å²) in [6, 6.07) is 7.78. The van der Waals surface area contributed by atoms with Crippen molar-refractivity contribution < 1.29 is 9.53 Å². The van der Waals surface area contributed by atoms with E-state index in [-0.39, 0.29) is 11.9 Å². The molecule has 2 fully saturated rings. The molecule has 2 saturated heterocycles. The summed E-state index contributed by atoms with van der Waals surface area (Å²) in [5.74, 6) is 1.05. The highest BCUT2D eigenvalue weighted by Gasteiger charge is 2.33. The van der Waals surface area contributed by atoms with E-state index in [4.69, 9.17) is 4.74 Å². The monoisotopic (exact) mass is 303 g/mol. The van der Waals surface area contributed by atoms with Crippen LogP contribution in [0.3, 0.4) is 0 Å². The predicted octanol–water partition coefficient (Wildman–Crippen LogP) is 1.26. The Bertz CT molecular complexity index is 508. The fourth-order valence-electron chi connectivity index (χ4n) is 3.38. The van der Waals surface area contributed by atoms with E-state index in [1.807, 2.05) is 29.2 Å². The summed E-state index contributed by atoms with van der Waals surface area (Å²) in [6.45, 7) is 5.37. The quantitative estimate of drug-likeness (QED) is 0.910. The maximum absolute atomic E-state index is 13.1. The molecule has 2 aliphatic rings. The molecule has 0 saturated carbocycles. The van der Waals surface area contributed by atoms with Gasteiger partial charge in [-0.25, -0.2) is 0 Å². The minimum absolute atomic E-state index is 0.171. The van der Waals surface area contributed by atoms with Crippen molar-refractivity contribution >= 4 is 5.91 Å². The maximum atomic E-state index is 13.1. The minimum atomic E-state index is -0.171. The summed E-state index contributed by atoms with van der Waals surface area (Å²) < 4.78 is 5.34. The Morgan fingerprint density at radius 2 is 1.91 bits per heavy atom. The van der Waals surface area contributed by atoms with Crippen molar-refractivity contribution in [3.05, 3.63) is 29.8 Å². The lowest BCUT2D eigenvalue weighted by Gasteiger charge is -2.35. The number of piperazine rings is 1. The zero-order valence-electron chi connectivity index (χ0n) is 13.3. The van der Waals surface area contributed by atoms with Crippen molar-refractivity contribution in [1.82, 2.24) is 15.1 Å². The van der Waals surface area contributed by atoms with Crippen molar-refractivity contribution in [2.24, 2.45) is 0 Å². The molecule has 5 nitrogen and oxygen atoms in total. The summed E-state index contributed by atoms with van der Waals surface area (Å²) in [5.41, 5.74) is 1.05. The van der Waals surface area contributed by atoms with Gasteiger partial charge in [-0.05, 0) is 43.6 Å². The molecular weight excluding hydrogens is 278 g/mol. The van der Waals surface area contributed by atoms with Crippen molar-refractivity contribution in [2.45, 2.75) is 18.9 Å². The van der Waals surface area contributed by atoms with Gasteiger partial charge in [0.05, 0.1) is 7.11 Å². The second-order valence-electron chi connectivity index (χ2n) is 6.00. The van der Waals surface area contributed by atoms with Crippen LogP contribution in [0.5, 0.6) is 5.75 Å². The molecule has 1 unspecified atom stereocenters. The van der Waals surface area contributed by atoms with Gasteiger partial charge in [0.15, 0.2) is 0 Å². The standard InChI is InChI=1S/C17H25N3O2/c1-22-15-6-4-5-14(13-15)16(19-9-2-3-10-19)17(21)20-11-7-18-8-12-20/h4-6,13,16,18H,2-3,7-12H2,1H3. The number of carbonyl (C=O) groups is 1. The Balaban J connectivity index is 1.86. The third-order valence-electron chi connectivity index (χ3n) is 4.58. The fraction of sp³-hybridized carbons (Fsp3) is 0.588. The van der Waals surface area contributed by atoms with Gasteiger partial charge < -0.3 is 15.0 Å². The molecular formula is C17H25N3O2. The molecule has 0 spiro atoms. The number of ether oxygens (including phenoxy) is 1. The molecule has 3 rings (SSSR count). The summed E-state index contributed by atoms with van der Waals surface area (Å²) >= 11 is 0. The number of hydrogen-bond donors (Lipinski definition) is 1. The Kier molecular flexibility index (Phi) is 4.95. The number of carbonyl (C=O) groups excluding carboxylic acids is 1. The predicted molar refractivity (Wildman–Crippen MR) is 86.0 cm³/mol. The highest BCUT2D eigenvalue weighted by Crippen LogP contribution is 2.29. The number of likely N-dealkylation sites (tertiary alicyclic amines) is 1. The van der Waals surface area contributed by atoms with E-state index in [0.717, 1.165) is 50.6 Å². The Labute approximate surface area is 132 Å². The fourth-order valence-corrected chi connectivity index (χ4v) is 3.38. The zero-order chi connectivity index (χ0) is 15.4. The number of nitrogens with one attached hydrogen (secondary N) is 1. The van der Waals surface area contributed by atoms with Crippen LogP contribution in [-0.4, -0.2) is 62.1 Å². The molecule has 0 aromatic heterocycles. The molecule has 1 N–H and O–H groups in total. The van der Waals surface area contributed by atoms with Crippen LogP contribution >= 0.6 is 0 Å². The summed E-state index contributed by atoms with van der Waals surface area (Å²) in [6.07, 6.45) is 2.35. The summed E-state index contributed by atoms with van der Waals surface area (Å²) in [4.78, 5) is 17.4. The zero-order valence-corrected chi connectivity index (χ0v) is 13.3. The average molecular weight is 303 g/mol. The first-order valence-electron chi connectivity index (χ1n) is 8.17.